The highest BCUT2D eigenvalue weighted by Crippen LogP contribution is 2.44. The second kappa shape index (κ2) is 7.38. The van der Waals surface area contributed by atoms with E-state index >= 15 is 0 Å². The van der Waals surface area contributed by atoms with Gasteiger partial charge in [-0.25, -0.2) is 0 Å². The molecule has 1 heterocycles. The van der Waals surface area contributed by atoms with Gasteiger partial charge in [0.05, 0.1) is 0 Å². The molecule has 23 heavy (non-hydrogen) atoms. The summed E-state index contributed by atoms with van der Waals surface area (Å²) in [5, 5.41) is 4.12. The van der Waals surface area contributed by atoms with Gasteiger partial charge >= 0.3 is 0 Å². The molecule has 2 saturated carbocycles. The van der Waals surface area contributed by atoms with E-state index in [1.807, 2.05) is 0 Å². The quantitative estimate of drug-likeness (QED) is 0.736. The van der Waals surface area contributed by atoms with Gasteiger partial charge in [-0.15, -0.1) is 0 Å². The zero-order valence-corrected chi connectivity index (χ0v) is 14.6. The van der Waals surface area contributed by atoms with Crippen molar-refractivity contribution < 1.29 is 0 Å². The fraction of sp³-hybridized carbons (Fsp3) is 0.727. The van der Waals surface area contributed by atoms with Gasteiger partial charge < -0.3 is 5.32 Å². The summed E-state index contributed by atoms with van der Waals surface area (Å²) in [7, 11) is 0. The van der Waals surface area contributed by atoms with Crippen LogP contribution >= 0.6 is 0 Å². The van der Waals surface area contributed by atoms with E-state index in [0.717, 1.165) is 23.8 Å². The van der Waals surface area contributed by atoms with Gasteiger partial charge in [0.2, 0.25) is 0 Å². The zero-order chi connectivity index (χ0) is 15.5. The van der Waals surface area contributed by atoms with E-state index in [1.165, 1.54) is 76.2 Å². The lowest BCUT2D eigenvalue weighted by Gasteiger charge is -2.47. The summed E-state index contributed by atoms with van der Waals surface area (Å²) in [5.41, 5.74) is 1.52. The molecule has 126 valence electrons. The highest BCUT2D eigenvalue weighted by Gasteiger charge is 2.39. The van der Waals surface area contributed by atoms with Gasteiger partial charge in [-0.05, 0) is 42.6 Å². The first-order valence-electron chi connectivity index (χ1n) is 10.2. The fourth-order valence-electron chi connectivity index (χ4n) is 5.75. The number of hydrogen-bond acceptors (Lipinski definition) is 1. The van der Waals surface area contributed by atoms with Crippen LogP contribution in [0.1, 0.15) is 82.2 Å². The molecule has 1 aromatic rings. The summed E-state index contributed by atoms with van der Waals surface area (Å²) < 4.78 is 0. The van der Waals surface area contributed by atoms with Crippen molar-refractivity contribution in [1.29, 1.82) is 0 Å². The van der Waals surface area contributed by atoms with E-state index in [9.17, 15) is 0 Å². The maximum atomic E-state index is 4.12. The second-order valence-corrected chi connectivity index (χ2v) is 8.42. The first-order valence-corrected chi connectivity index (χ1v) is 10.2. The van der Waals surface area contributed by atoms with Gasteiger partial charge in [-0.2, -0.15) is 0 Å². The number of piperidine rings is 1. The van der Waals surface area contributed by atoms with Gasteiger partial charge in [0.1, 0.15) is 0 Å². The van der Waals surface area contributed by atoms with Crippen LogP contribution in [-0.4, -0.2) is 6.04 Å². The van der Waals surface area contributed by atoms with Crippen LogP contribution in [0.3, 0.4) is 0 Å². The van der Waals surface area contributed by atoms with Gasteiger partial charge in [0.25, 0.3) is 0 Å². The highest BCUT2D eigenvalue weighted by atomic mass is 15.0. The molecule has 0 aromatic heterocycles. The molecule has 1 nitrogen and oxygen atoms in total. The summed E-state index contributed by atoms with van der Waals surface area (Å²) in [6.07, 6.45) is 16.2. The smallest absolute Gasteiger partial charge is 0.0325 e. The largest absolute Gasteiger partial charge is 0.307 e. The number of hydrogen-bond donors (Lipinski definition) is 1. The molecule has 0 radical (unpaired) electrons. The molecule has 2 unspecified atom stereocenters. The number of rotatable bonds is 3. The number of nitrogens with one attached hydrogen (secondary N) is 1. The minimum atomic E-state index is 0.601. The Morgan fingerprint density at radius 2 is 1.57 bits per heavy atom. The van der Waals surface area contributed by atoms with Crippen molar-refractivity contribution in [3.63, 3.8) is 0 Å². The Labute approximate surface area is 142 Å². The summed E-state index contributed by atoms with van der Waals surface area (Å²) in [5.74, 6) is 2.94. The molecule has 0 amide bonds. The van der Waals surface area contributed by atoms with Crippen LogP contribution in [0.5, 0.6) is 0 Å². The SMILES string of the molecule is c1ccc([C@@H]2CC3CCCCC3[C@@H](CC3CCCCC3)N2)cc1. The Morgan fingerprint density at radius 3 is 2.39 bits per heavy atom. The molecule has 1 heteroatoms. The summed E-state index contributed by atoms with van der Waals surface area (Å²) in [6, 6.07) is 12.6. The highest BCUT2D eigenvalue weighted by molar-refractivity contribution is 5.20. The molecule has 2 aliphatic carbocycles. The van der Waals surface area contributed by atoms with Crippen molar-refractivity contribution >= 4 is 0 Å². The zero-order valence-electron chi connectivity index (χ0n) is 14.6. The molecular formula is C22H33N. The average molecular weight is 312 g/mol. The molecule has 0 spiro atoms. The lowest BCUT2D eigenvalue weighted by Crippen LogP contribution is -2.49. The van der Waals surface area contributed by atoms with E-state index in [4.69, 9.17) is 0 Å². The standard InChI is InChI=1S/C22H33N/c1-3-9-17(10-4-1)15-22-20-14-8-7-13-19(20)16-21(23-22)18-11-5-2-6-12-18/h2,5-6,11-12,17,19-23H,1,3-4,7-10,13-16H2/t19?,20?,21-,22+/m0/s1. The third-order valence-corrected chi connectivity index (χ3v) is 6.95. The summed E-state index contributed by atoms with van der Waals surface area (Å²) in [4.78, 5) is 0. The minimum absolute atomic E-state index is 0.601. The van der Waals surface area contributed by atoms with Crippen LogP contribution in [0, 0.1) is 17.8 Å². The number of fused-ring (bicyclic) bond motifs is 1. The molecule has 3 fully saturated rings. The molecule has 4 atom stereocenters. The van der Waals surface area contributed by atoms with Crippen LogP contribution < -0.4 is 5.32 Å². The first kappa shape index (κ1) is 15.7. The Morgan fingerprint density at radius 1 is 0.826 bits per heavy atom. The third-order valence-electron chi connectivity index (χ3n) is 6.95. The lowest BCUT2D eigenvalue weighted by molar-refractivity contribution is 0.0854. The molecule has 0 bridgehead atoms. The topological polar surface area (TPSA) is 12.0 Å². The number of benzene rings is 1. The molecule has 1 aromatic carbocycles. The first-order chi connectivity index (χ1) is 11.4. The summed E-state index contributed by atoms with van der Waals surface area (Å²) >= 11 is 0. The van der Waals surface area contributed by atoms with Crippen molar-refractivity contribution in [2.45, 2.75) is 82.7 Å². The fourth-order valence-corrected chi connectivity index (χ4v) is 5.75. The molecule has 1 N–H and O–H groups in total. The van der Waals surface area contributed by atoms with Crippen LogP contribution in [0.25, 0.3) is 0 Å². The minimum Gasteiger partial charge on any atom is -0.307 e. The molecular weight excluding hydrogens is 278 g/mol. The van der Waals surface area contributed by atoms with Gasteiger partial charge in [0.15, 0.2) is 0 Å². The Kier molecular flexibility index (Phi) is 5.04. The predicted octanol–water partition coefficient (Wildman–Crippen LogP) is 5.87. The van der Waals surface area contributed by atoms with E-state index in [2.05, 4.69) is 35.6 Å². The van der Waals surface area contributed by atoms with Crippen LogP contribution in [0.4, 0.5) is 0 Å². The Hall–Kier alpha value is -0.820. The Bertz CT molecular complexity index is 476. The summed E-state index contributed by atoms with van der Waals surface area (Å²) in [6.45, 7) is 0. The maximum absolute atomic E-state index is 4.12. The van der Waals surface area contributed by atoms with Gasteiger partial charge in [0, 0.05) is 12.1 Å². The third kappa shape index (κ3) is 3.65. The van der Waals surface area contributed by atoms with Crippen molar-refractivity contribution in [1.82, 2.24) is 5.32 Å². The van der Waals surface area contributed by atoms with Gasteiger partial charge in [-0.3, -0.25) is 0 Å². The maximum Gasteiger partial charge on any atom is 0.0325 e. The van der Waals surface area contributed by atoms with E-state index in [-0.39, 0.29) is 0 Å². The molecule has 1 saturated heterocycles. The van der Waals surface area contributed by atoms with Crippen molar-refractivity contribution in [2.24, 2.45) is 17.8 Å². The van der Waals surface area contributed by atoms with Crippen LogP contribution in [0.2, 0.25) is 0 Å². The second-order valence-electron chi connectivity index (χ2n) is 8.42. The van der Waals surface area contributed by atoms with E-state index in [0.29, 0.717) is 6.04 Å². The molecule has 3 aliphatic rings. The Balaban J connectivity index is 1.49. The molecule has 4 rings (SSSR count). The van der Waals surface area contributed by atoms with Crippen molar-refractivity contribution in [3.8, 4) is 0 Å². The van der Waals surface area contributed by atoms with Crippen molar-refractivity contribution in [3.05, 3.63) is 35.9 Å². The lowest BCUT2D eigenvalue weighted by atomic mass is 9.67. The van der Waals surface area contributed by atoms with E-state index in [1.54, 1.807) is 0 Å². The monoisotopic (exact) mass is 311 g/mol. The predicted molar refractivity (Wildman–Crippen MR) is 97.4 cm³/mol. The normalized spacial score (nSPS) is 35.7. The molecule has 1 aliphatic heterocycles. The van der Waals surface area contributed by atoms with Gasteiger partial charge in [-0.1, -0.05) is 81.7 Å². The van der Waals surface area contributed by atoms with Crippen LogP contribution in [-0.2, 0) is 0 Å². The van der Waals surface area contributed by atoms with Crippen molar-refractivity contribution in [2.75, 3.05) is 0 Å². The van der Waals surface area contributed by atoms with Crippen LogP contribution in [0.15, 0.2) is 30.3 Å². The average Bonchev–Trinajstić information content (AvgIpc) is 2.63. The van der Waals surface area contributed by atoms with E-state index < -0.39 is 0 Å².